The molecule has 1 amide bonds. The number of benzene rings is 2. The van der Waals surface area contributed by atoms with Crippen LogP contribution in [0.3, 0.4) is 0 Å². The quantitative estimate of drug-likeness (QED) is 0.366. The summed E-state index contributed by atoms with van der Waals surface area (Å²) in [5.74, 6) is 0.889. The zero-order valence-electron chi connectivity index (χ0n) is 14.7. The van der Waals surface area contributed by atoms with Gasteiger partial charge in [-0.3, -0.25) is 10.0 Å². The van der Waals surface area contributed by atoms with Gasteiger partial charge in [0.25, 0.3) is 5.91 Å². The van der Waals surface area contributed by atoms with Crippen LogP contribution in [0.5, 0.6) is 11.5 Å². The number of allylic oxidation sites excluding steroid dienone is 1. The van der Waals surface area contributed by atoms with Gasteiger partial charge in [-0.1, -0.05) is 30.4 Å². The second kappa shape index (κ2) is 7.31. The molecule has 0 bridgehead atoms. The number of nitrogens with one attached hydrogen (secondary N) is 1. The van der Waals surface area contributed by atoms with Crippen LogP contribution in [0, 0.1) is 0 Å². The minimum atomic E-state index is -2.98. The first kappa shape index (κ1) is 18.0. The van der Waals surface area contributed by atoms with Crippen molar-refractivity contribution in [3.63, 3.8) is 0 Å². The summed E-state index contributed by atoms with van der Waals surface area (Å²) in [6, 6.07) is 16.0. The number of hydrogen-bond donors (Lipinski definition) is 2. The van der Waals surface area contributed by atoms with Crippen molar-refractivity contribution in [1.82, 2.24) is 10.2 Å². The third kappa shape index (κ3) is 3.32. The third-order valence-corrected chi connectivity index (χ3v) is 8.24. The van der Waals surface area contributed by atoms with Gasteiger partial charge in [0.2, 0.25) is 0 Å². The molecule has 0 aromatic heterocycles. The van der Waals surface area contributed by atoms with E-state index in [1.165, 1.54) is 0 Å². The number of amides is 1. The van der Waals surface area contributed by atoms with Gasteiger partial charge in [-0.25, -0.2) is 10.2 Å². The van der Waals surface area contributed by atoms with Crippen LogP contribution in [0.2, 0.25) is 0 Å². The average molecular weight is 384 g/mol. The number of hydrogen-bond acceptors (Lipinski definition) is 4. The lowest BCUT2D eigenvalue weighted by molar-refractivity contribution is -0.132. The second-order valence-corrected chi connectivity index (χ2v) is 9.48. The molecule has 3 atom stereocenters. The molecule has 2 heterocycles. The van der Waals surface area contributed by atoms with Crippen molar-refractivity contribution in [3.05, 3.63) is 66.7 Å². The highest BCUT2D eigenvalue weighted by molar-refractivity contribution is 7.69. The third-order valence-electron chi connectivity index (χ3n) is 5.11. The Kier molecular flexibility index (Phi) is 4.87. The second-order valence-electron chi connectivity index (χ2n) is 6.74. The molecule has 2 aromatic carbocycles. The number of carbonyl (C=O) groups is 1. The van der Waals surface area contributed by atoms with Crippen molar-refractivity contribution in [1.29, 1.82) is 0 Å². The van der Waals surface area contributed by atoms with Gasteiger partial charge in [-0.2, -0.15) is 0 Å². The fraction of sp³-hybridized carbons (Fsp3) is 0.250. The van der Waals surface area contributed by atoms with Crippen LogP contribution in [0.15, 0.2) is 66.7 Å². The van der Waals surface area contributed by atoms with E-state index in [2.05, 4.69) is 0 Å². The summed E-state index contributed by atoms with van der Waals surface area (Å²) in [7, 11) is -2.98. The molecule has 2 aliphatic heterocycles. The van der Waals surface area contributed by atoms with Gasteiger partial charge in [0.15, 0.2) is 7.29 Å². The van der Waals surface area contributed by atoms with Crippen molar-refractivity contribution < 1.29 is 19.3 Å². The van der Waals surface area contributed by atoms with Crippen LogP contribution >= 0.6 is 7.29 Å². The fourth-order valence-corrected chi connectivity index (χ4v) is 6.90. The zero-order valence-corrected chi connectivity index (χ0v) is 15.6. The molecule has 0 aliphatic carbocycles. The topological polar surface area (TPSA) is 78.9 Å². The molecule has 0 unspecified atom stereocenters. The maximum absolute atomic E-state index is 13.9. The Labute approximate surface area is 157 Å². The largest absolute Gasteiger partial charge is 0.457 e. The number of ether oxygens (including phenoxy) is 1. The minimum absolute atomic E-state index is 0.0490. The van der Waals surface area contributed by atoms with Crippen LogP contribution in [-0.2, 0) is 9.36 Å². The highest BCUT2D eigenvalue weighted by Gasteiger charge is 2.48. The lowest BCUT2D eigenvalue weighted by Gasteiger charge is -2.37. The van der Waals surface area contributed by atoms with Gasteiger partial charge < -0.3 is 9.30 Å². The van der Waals surface area contributed by atoms with Gasteiger partial charge in [-0.05, 0) is 49.2 Å². The molecule has 1 fully saturated rings. The van der Waals surface area contributed by atoms with E-state index in [0.29, 0.717) is 23.6 Å². The SMILES string of the molecule is O=C(NO)[C@H]1CC[C@@H]2C=CC[P@](=O)(c3ccc(Oc4ccccc4)cc3)N12. The van der Waals surface area contributed by atoms with E-state index in [4.69, 9.17) is 9.94 Å². The van der Waals surface area contributed by atoms with Crippen LogP contribution in [0.25, 0.3) is 0 Å². The molecule has 1 saturated heterocycles. The van der Waals surface area contributed by atoms with E-state index >= 15 is 0 Å². The maximum atomic E-state index is 13.9. The van der Waals surface area contributed by atoms with Gasteiger partial charge >= 0.3 is 0 Å². The summed E-state index contributed by atoms with van der Waals surface area (Å²) >= 11 is 0. The van der Waals surface area contributed by atoms with Gasteiger partial charge in [0.1, 0.15) is 11.5 Å². The van der Waals surface area contributed by atoms with E-state index in [-0.39, 0.29) is 6.04 Å². The van der Waals surface area contributed by atoms with Crippen LogP contribution in [0.4, 0.5) is 0 Å². The van der Waals surface area contributed by atoms with Gasteiger partial charge in [-0.15, -0.1) is 0 Å². The molecule has 0 radical (unpaired) electrons. The fourth-order valence-electron chi connectivity index (χ4n) is 3.86. The number of rotatable bonds is 4. The summed E-state index contributed by atoms with van der Waals surface area (Å²) in [4.78, 5) is 12.1. The molecule has 4 rings (SSSR count). The Morgan fingerprint density at radius 2 is 1.78 bits per heavy atom. The number of nitrogens with zero attached hydrogens (tertiary/aromatic N) is 1. The Balaban J connectivity index is 1.62. The molecular formula is C20H21N2O4P. The summed E-state index contributed by atoms with van der Waals surface area (Å²) in [6.45, 7) is 0. The normalized spacial score (nSPS) is 27.1. The predicted octanol–water partition coefficient (Wildman–Crippen LogP) is 3.29. The predicted molar refractivity (Wildman–Crippen MR) is 103 cm³/mol. The molecule has 2 aromatic rings. The molecule has 2 aliphatic rings. The standard InChI is InChI=1S/C20H21N2O4P/c23-20(21-24)19-13-8-15-5-4-14-27(25,22(15)19)18-11-9-17(10-12-18)26-16-6-2-1-3-7-16/h1-7,9-12,15,19,24H,8,13-14H2,(H,21,23)/t15-,19+,27-/m0/s1. The molecule has 140 valence electrons. The van der Waals surface area contributed by atoms with Crippen molar-refractivity contribution in [3.8, 4) is 11.5 Å². The van der Waals surface area contributed by atoms with Gasteiger partial charge in [0, 0.05) is 17.5 Å². The van der Waals surface area contributed by atoms with Crippen LogP contribution in [-0.4, -0.2) is 34.0 Å². The zero-order chi connectivity index (χ0) is 18.9. The Hall–Kier alpha value is -2.40. The molecule has 6 nitrogen and oxygen atoms in total. The molecule has 2 N–H and O–H groups in total. The minimum Gasteiger partial charge on any atom is -0.457 e. The number of carbonyl (C=O) groups excluding carboxylic acids is 1. The Bertz CT molecular complexity index is 898. The molecule has 0 saturated carbocycles. The first-order valence-corrected chi connectivity index (χ1v) is 10.8. The van der Waals surface area contributed by atoms with E-state index < -0.39 is 19.2 Å². The van der Waals surface area contributed by atoms with Crippen molar-refractivity contribution in [2.45, 2.75) is 24.9 Å². The molecule has 7 heteroatoms. The lowest BCUT2D eigenvalue weighted by Crippen LogP contribution is -2.46. The number of hydroxylamine groups is 1. The average Bonchev–Trinajstić information content (AvgIpc) is 3.14. The first-order valence-electron chi connectivity index (χ1n) is 8.94. The highest BCUT2D eigenvalue weighted by atomic mass is 31.2. The summed E-state index contributed by atoms with van der Waals surface area (Å²) in [5, 5.41) is 9.74. The number of fused-ring (bicyclic) bond motifs is 1. The van der Waals surface area contributed by atoms with Crippen molar-refractivity contribution in [2.24, 2.45) is 0 Å². The van der Waals surface area contributed by atoms with Crippen molar-refractivity contribution in [2.75, 3.05) is 6.16 Å². The van der Waals surface area contributed by atoms with Gasteiger partial charge in [0.05, 0.1) is 6.04 Å². The molecular weight excluding hydrogens is 363 g/mol. The monoisotopic (exact) mass is 384 g/mol. The summed E-state index contributed by atoms with van der Waals surface area (Å²) in [5.41, 5.74) is 1.72. The first-order chi connectivity index (χ1) is 13.1. The van der Waals surface area contributed by atoms with Crippen molar-refractivity contribution >= 4 is 18.5 Å². The highest BCUT2D eigenvalue weighted by Crippen LogP contribution is 2.57. The summed E-state index contributed by atoms with van der Waals surface area (Å²) < 4.78 is 21.5. The Morgan fingerprint density at radius 3 is 2.48 bits per heavy atom. The summed E-state index contributed by atoms with van der Waals surface area (Å²) in [6.07, 6.45) is 5.63. The molecule has 27 heavy (non-hydrogen) atoms. The van der Waals surface area contributed by atoms with E-state index in [0.717, 1.165) is 12.2 Å². The lowest BCUT2D eigenvalue weighted by atomic mass is 10.2. The maximum Gasteiger partial charge on any atom is 0.261 e. The Morgan fingerprint density at radius 1 is 1.07 bits per heavy atom. The number of para-hydroxylation sites is 1. The van der Waals surface area contributed by atoms with E-state index in [1.54, 1.807) is 22.3 Å². The van der Waals surface area contributed by atoms with Crippen LogP contribution in [0.1, 0.15) is 12.8 Å². The smallest absolute Gasteiger partial charge is 0.261 e. The van der Waals surface area contributed by atoms with Crippen LogP contribution < -0.4 is 15.5 Å². The molecule has 0 spiro atoms. The van der Waals surface area contributed by atoms with E-state index in [9.17, 15) is 9.36 Å². The van der Waals surface area contributed by atoms with E-state index in [1.807, 2.05) is 54.6 Å².